The van der Waals surface area contributed by atoms with Crippen molar-refractivity contribution >= 4 is 29.5 Å². The molecule has 0 radical (unpaired) electrons. The Morgan fingerprint density at radius 2 is 1.85 bits per heavy atom. The highest BCUT2D eigenvalue weighted by Gasteiger charge is 2.31. The fourth-order valence-electron chi connectivity index (χ4n) is 2.99. The van der Waals surface area contributed by atoms with E-state index in [1.807, 2.05) is 26.8 Å². The summed E-state index contributed by atoms with van der Waals surface area (Å²) < 4.78 is 46.4. The van der Waals surface area contributed by atoms with Crippen molar-refractivity contribution in [2.45, 2.75) is 54.7 Å². The molecule has 12 heteroatoms. The average Bonchev–Trinajstić information content (AvgIpc) is 3.16. The van der Waals surface area contributed by atoms with E-state index in [0.29, 0.717) is 22.6 Å². The molecular weight excluding hydrogens is 475 g/mol. The number of benzene rings is 1. The number of ether oxygens (including phenoxy) is 1. The first-order chi connectivity index (χ1) is 15.6. The van der Waals surface area contributed by atoms with Crippen molar-refractivity contribution in [3.63, 3.8) is 0 Å². The molecule has 0 aliphatic carbocycles. The zero-order valence-corrected chi connectivity index (χ0v) is 20.0. The van der Waals surface area contributed by atoms with Crippen molar-refractivity contribution in [3.8, 4) is 5.69 Å². The van der Waals surface area contributed by atoms with E-state index in [4.69, 9.17) is 4.74 Å². The number of halogens is 3. The van der Waals surface area contributed by atoms with Crippen LogP contribution >= 0.6 is 23.5 Å². The van der Waals surface area contributed by atoms with Gasteiger partial charge in [0.2, 0.25) is 0 Å². The first-order valence-electron chi connectivity index (χ1n) is 9.93. The Morgan fingerprint density at radius 1 is 1.15 bits per heavy atom. The molecule has 2 heterocycles. The SMILES string of the molecule is CC[C@H](Sc1nnc(CSc2nc(C)cc(C)n2)n1-c1cccc(C(F)(F)F)c1)C(=O)OC. The Balaban J connectivity index is 2.01. The number of esters is 1. The summed E-state index contributed by atoms with van der Waals surface area (Å²) in [6.07, 6.45) is -4.05. The van der Waals surface area contributed by atoms with Crippen LogP contribution in [0.2, 0.25) is 0 Å². The molecule has 7 nitrogen and oxygen atoms in total. The summed E-state index contributed by atoms with van der Waals surface area (Å²) in [6.45, 7) is 5.53. The molecular formula is C21H22F3N5O2S2. The molecule has 0 bridgehead atoms. The molecule has 1 atom stereocenters. The van der Waals surface area contributed by atoms with Crippen molar-refractivity contribution in [1.82, 2.24) is 24.7 Å². The minimum Gasteiger partial charge on any atom is -0.468 e. The van der Waals surface area contributed by atoms with Crippen LogP contribution < -0.4 is 0 Å². The van der Waals surface area contributed by atoms with Crippen LogP contribution in [-0.4, -0.2) is 43.1 Å². The molecule has 3 aromatic rings. The van der Waals surface area contributed by atoms with Gasteiger partial charge in [-0.25, -0.2) is 9.97 Å². The predicted molar refractivity (Wildman–Crippen MR) is 119 cm³/mol. The van der Waals surface area contributed by atoms with E-state index < -0.39 is 23.0 Å². The van der Waals surface area contributed by atoms with Gasteiger partial charge in [0, 0.05) is 11.4 Å². The van der Waals surface area contributed by atoms with Crippen LogP contribution in [0.5, 0.6) is 0 Å². The molecule has 0 saturated carbocycles. The van der Waals surface area contributed by atoms with E-state index in [1.54, 1.807) is 6.07 Å². The number of aromatic nitrogens is 5. The molecule has 0 amide bonds. The summed E-state index contributed by atoms with van der Waals surface area (Å²) in [5.74, 6) is 0.229. The third kappa shape index (κ3) is 6.26. The lowest BCUT2D eigenvalue weighted by molar-refractivity contribution is -0.140. The van der Waals surface area contributed by atoms with E-state index in [9.17, 15) is 18.0 Å². The van der Waals surface area contributed by atoms with Gasteiger partial charge in [-0.05, 0) is 44.5 Å². The van der Waals surface area contributed by atoms with Crippen molar-refractivity contribution in [2.75, 3.05) is 7.11 Å². The van der Waals surface area contributed by atoms with Gasteiger partial charge in [0.25, 0.3) is 0 Å². The lowest BCUT2D eigenvalue weighted by atomic mass is 10.2. The molecule has 0 fully saturated rings. The third-order valence-electron chi connectivity index (χ3n) is 4.51. The molecule has 0 aliphatic rings. The minimum atomic E-state index is -4.50. The molecule has 1 aromatic carbocycles. The maximum Gasteiger partial charge on any atom is 0.416 e. The average molecular weight is 498 g/mol. The number of carbonyl (C=O) groups excluding carboxylic acids is 1. The topological polar surface area (TPSA) is 82.8 Å². The van der Waals surface area contributed by atoms with Crippen molar-refractivity contribution in [1.29, 1.82) is 0 Å². The maximum atomic E-state index is 13.3. The Bertz CT molecular complexity index is 1120. The highest BCUT2D eigenvalue weighted by molar-refractivity contribution is 8.00. The molecule has 0 saturated heterocycles. The fourth-order valence-corrected chi connectivity index (χ4v) is 4.87. The van der Waals surface area contributed by atoms with Crippen LogP contribution in [0.25, 0.3) is 5.69 Å². The fraction of sp³-hybridized carbons (Fsp3) is 0.381. The molecule has 0 spiro atoms. The summed E-state index contributed by atoms with van der Waals surface area (Å²) in [4.78, 5) is 20.9. The Labute approximate surface area is 197 Å². The van der Waals surface area contributed by atoms with E-state index >= 15 is 0 Å². The lowest BCUT2D eigenvalue weighted by Gasteiger charge is -2.15. The van der Waals surface area contributed by atoms with Gasteiger partial charge in [-0.3, -0.25) is 9.36 Å². The van der Waals surface area contributed by atoms with Crippen molar-refractivity contribution in [3.05, 3.63) is 53.1 Å². The molecule has 33 heavy (non-hydrogen) atoms. The second-order valence-electron chi connectivity index (χ2n) is 7.04. The number of nitrogens with zero attached hydrogens (tertiary/aromatic N) is 5. The highest BCUT2D eigenvalue weighted by atomic mass is 32.2. The van der Waals surface area contributed by atoms with E-state index in [0.717, 1.165) is 35.3 Å². The second-order valence-corrected chi connectivity index (χ2v) is 9.15. The summed E-state index contributed by atoms with van der Waals surface area (Å²) in [5, 5.41) is 8.62. The van der Waals surface area contributed by atoms with Crippen LogP contribution in [0, 0.1) is 13.8 Å². The third-order valence-corrected chi connectivity index (χ3v) is 6.64. The quantitative estimate of drug-likeness (QED) is 0.244. The minimum absolute atomic E-state index is 0.244. The van der Waals surface area contributed by atoms with Crippen molar-refractivity contribution < 1.29 is 22.7 Å². The smallest absolute Gasteiger partial charge is 0.416 e. The maximum absolute atomic E-state index is 13.3. The van der Waals surface area contributed by atoms with Crippen LogP contribution in [-0.2, 0) is 21.5 Å². The van der Waals surface area contributed by atoms with Crippen LogP contribution in [0.3, 0.4) is 0 Å². The van der Waals surface area contributed by atoms with Gasteiger partial charge in [-0.1, -0.05) is 36.5 Å². The lowest BCUT2D eigenvalue weighted by Crippen LogP contribution is -2.18. The number of hydrogen-bond acceptors (Lipinski definition) is 8. The Kier molecular flexibility index (Phi) is 8.01. The van der Waals surface area contributed by atoms with Gasteiger partial charge in [0.15, 0.2) is 10.3 Å². The van der Waals surface area contributed by atoms with E-state index in [-0.39, 0.29) is 11.4 Å². The van der Waals surface area contributed by atoms with E-state index in [1.165, 1.54) is 29.5 Å². The van der Waals surface area contributed by atoms with Gasteiger partial charge in [-0.15, -0.1) is 10.2 Å². The van der Waals surface area contributed by atoms with Crippen LogP contribution in [0.4, 0.5) is 13.2 Å². The zero-order chi connectivity index (χ0) is 24.2. The number of aryl methyl sites for hydroxylation is 2. The number of alkyl halides is 3. The summed E-state index contributed by atoms with van der Waals surface area (Å²) in [6, 6.07) is 6.76. The monoisotopic (exact) mass is 497 g/mol. The molecule has 0 N–H and O–H groups in total. The summed E-state index contributed by atoms with van der Waals surface area (Å²) >= 11 is 2.40. The molecule has 176 valence electrons. The van der Waals surface area contributed by atoms with Gasteiger partial charge in [0.1, 0.15) is 11.1 Å². The second kappa shape index (κ2) is 10.6. The number of thioether (sulfide) groups is 2. The normalized spacial score (nSPS) is 12.6. The summed E-state index contributed by atoms with van der Waals surface area (Å²) in [5.41, 5.74) is 1.07. The standard InChI is InChI=1S/C21H22F3N5O2S2/c1-5-16(18(30)31-4)33-20-28-27-17(11-32-19-25-12(2)9-13(3)26-19)29(20)15-8-6-7-14(10-15)21(22,23)24/h6-10,16H,5,11H2,1-4H3/t16-/m0/s1. The van der Waals surface area contributed by atoms with Crippen LogP contribution in [0.15, 0.2) is 40.6 Å². The van der Waals surface area contributed by atoms with Crippen LogP contribution in [0.1, 0.15) is 36.1 Å². The van der Waals surface area contributed by atoms with Gasteiger partial charge in [0.05, 0.1) is 24.1 Å². The molecule has 3 rings (SSSR count). The highest BCUT2D eigenvalue weighted by Crippen LogP contribution is 2.34. The molecule has 2 aromatic heterocycles. The largest absolute Gasteiger partial charge is 0.468 e. The molecule has 0 aliphatic heterocycles. The summed E-state index contributed by atoms with van der Waals surface area (Å²) in [7, 11) is 1.29. The number of methoxy groups -OCH3 is 1. The number of carbonyl (C=O) groups is 1. The predicted octanol–water partition coefficient (Wildman–Crippen LogP) is 5.03. The van der Waals surface area contributed by atoms with Gasteiger partial charge in [-0.2, -0.15) is 13.2 Å². The van der Waals surface area contributed by atoms with Gasteiger partial charge < -0.3 is 4.74 Å². The van der Waals surface area contributed by atoms with Gasteiger partial charge >= 0.3 is 12.1 Å². The Hall–Kier alpha value is -2.60. The molecule has 0 unspecified atom stereocenters. The Morgan fingerprint density at radius 3 is 2.45 bits per heavy atom. The zero-order valence-electron chi connectivity index (χ0n) is 18.4. The first kappa shape index (κ1) is 25.0. The van der Waals surface area contributed by atoms with Crippen molar-refractivity contribution in [2.24, 2.45) is 0 Å². The van der Waals surface area contributed by atoms with E-state index in [2.05, 4.69) is 20.2 Å². The number of rotatable bonds is 8. The first-order valence-corrected chi connectivity index (χ1v) is 11.8. The number of hydrogen-bond donors (Lipinski definition) is 0.